The van der Waals surface area contributed by atoms with Gasteiger partial charge in [-0.1, -0.05) is 6.07 Å². The van der Waals surface area contributed by atoms with Gasteiger partial charge in [0.1, 0.15) is 0 Å². The number of aromatic nitrogens is 1. The summed E-state index contributed by atoms with van der Waals surface area (Å²) in [4.78, 5) is 15.0. The van der Waals surface area contributed by atoms with Crippen molar-refractivity contribution in [3.63, 3.8) is 0 Å². The molecule has 0 radical (unpaired) electrons. The number of benzene rings is 1. The van der Waals surface area contributed by atoms with E-state index < -0.39 is 0 Å². The first kappa shape index (κ1) is 9.71. The van der Waals surface area contributed by atoms with Crippen LogP contribution in [0.25, 0.3) is 10.9 Å². The Labute approximate surface area is 95.5 Å². The maximum atomic E-state index is 11.7. The van der Waals surface area contributed by atoms with E-state index in [-0.39, 0.29) is 5.43 Å². The minimum Gasteiger partial charge on any atom is -0.358 e. The summed E-state index contributed by atoms with van der Waals surface area (Å²) in [5.74, 6) is 0. The number of fused-ring (bicyclic) bond motifs is 1. The van der Waals surface area contributed by atoms with Crippen LogP contribution in [0.1, 0.15) is 11.3 Å². The van der Waals surface area contributed by atoms with Crippen LogP contribution in [0.4, 0.5) is 0 Å². The molecular formula is C11H10INO. The summed E-state index contributed by atoms with van der Waals surface area (Å²) in [5, 5.41) is 0.802. The van der Waals surface area contributed by atoms with Gasteiger partial charge in [0, 0.05) is 15.3 Å². The van der Waals surface area contributed by atoms with Crippen molar-refractivity contribution in [1.29, 1.82) is 0 Å². The van der Waals surface area contributed by atoms with Gasteiger partial charge >= 0.3 is 0 Å². The van der Waals surface area contributed by atoms with Crippen LogP contribution in [0.2, 0.25) is 0 Å². The fourth-order valence-corrected chi connectivity index (χ4v) is 2.30. The van der Waals surface area contributed by atoms with E-state index in [4.69, 9.17) is 0 Å². The first-order valence-electron chi connectivity index (χ1n) is 4.38. The van der Waals surface area contributed by atoms with Crippen LogP contribution < -0.4 is 5.43 Å². The minimum absolute atomic E-state index is 0.101. The average molecular weight is 299 g/mol. The Bertz CT molecular complexity index is 557. The van der Waals surface area contributed by atoms with Gasteiger partial charge in [0.15, 0.2) is 5.43 Å². The molecule has 0 spiro atoms. The Morgan fingerprint density at radius 1 is 1.29 bits per heavy atom. The summed E-state index contributed by atoms with van der Waals surface area (Å²) in [6, 6.07) is 5.65. The Hall–Kier alpha value is -0.840. The van der Waals surface area contributed by atoms with Crippen LogP contribution in [0.5, 0.6) is 0 Å². The fraction of sp³-hybridized carbons (Fsp3) is 0.182. The summed E-state index contributed by atoms with van der Waals surface area (Å²) in [5.41, 5.74) is 3.08. The highest BCUT2D eigenvalue weighted by atomic mass is 127. The van der Waals surface area contributed by atoms with Gasteiger partial charge in [0.2, 0.25) is 0 Å². The van der Waals surface area contributed by atoms with Gasteiger partial charge in [-0.2, -0.15) is 0 Å². The maximum absolute atomic E-state index is 11.7. The molecule has 0 bridgehead atoms. The normalized spacial score (nSPS) is 10.8. The number of halogens is 1. The predicted octanol–water partition coefficient (Wildman–Crippen LogP) is 2.75. The largest absolute Gasteiger partial charge is 0.358 e. The quantitative estimate of drug-likeness (QED) is 0.746. The van der Waals surface area contributed by atoms with Gasteiger partial charge in [-0.25, -0.2) is 0 Å². The van der Waals surface area contributed by atoms with Crippen LogP contribution >= 0.6 is 22.6 Å². The lowest BCUT2D eigenvalue weighted by molar-refractivity contribution is 1.23. The molecular weight excluding hydrogens is 289 g/mol. The number of aromatic amines is 1. The van der Waals surface area contributed by atoms with Crippen molar-refractivity contribution in [3.05, 3.63) is 43.2 Å². The smallest absolute Gasteiger partial charge is 0.190 e. The lowest BCUT2D eigenvalue weighted by Gasteiger charge is -2.04. The average Bonchev–Trinajstić information content (AvgIpc) is 2.10. The third kappa shape index (κ3) is 1.45. The van der Waals surface area contributed by atoms with Crippen LogP contribution in [0.3, 0.4) is 0 Å². The van der Waals surface area contributed by atoms with E-state index in [0.29, 0.717) is 0 Å². The van der Waals surface area contributed by atoms with Gasteiger partial charge < -0.3 is 4.98 Å². The third-order valence-electron chi connectivity index (χ3n) is 2.28. The van der Waals surface area contributed by atoms with E-state index in [1.165, 1.54) is 0 Å². The molecule has 1 N–H and O–H groups in total. The molecule has 1 heterocycles. The second kappa shape index (κ2) is 3.38. The molecule has 3 heteroatoms. The Morgan fingerprint density at radius 3 is 2.71 bits per heavy atom. The highest BCUT2D eigenvalue weighted by Crippen LogP contribution is 2.19. The summed E-state index contributed by atoms with van der Waals surface area (Å²) < 4.78 is 1.00. The number of aryl methyl sites for hydroxylation is 2. The van der Waals surface area contributed by atoms with E-state index in [1.807, 2.05) is 26.0 Å². The number of hydrogen-bond donors (Lipinski definition) is 1. The number of hydrogen-bond acceptors (Lipinski definition) is 1. The molecule has 0 aliphatic carbocycles. The highest BCUT2D eigenvalue weighted by Gasteiger charge is 2.05. The molecule has 0 saturated heterocycles. The van der Waals surface area contributed by atoms with Crippen LogP contribution in [-0.4, -0.2) is 4.98 Å². The molecule has 0 unspecified atom stereocenters. The van der Waals surface area contributed by atoms with Crippen molar-refractivity contribution in [2.75, 3.05) is 0 Å². The molecule has 0 fully saturated rings. The second-order valence-electron chi connectivity index (χ2n) is 3.43. The summed E-state index contributed by atoms with van der Waals surface area (Å²) >= 11 is 2.19. The molecule has 2 aromatic rings. The Kier molecular flexibility index (Phi) is 2.34. The fourth-order valence-electron chi connectivity index (χ4n) is 1.59. The van der Waals surface area contributed by atoms with Gasteiger partial charge in [-0.05, 0) is 48.1 Å². The van der Waals surface area contributed by atoms with Crippen molar-refractivity contribution >= 4 is 33.5 Å². The number of pyridine rings is 1. The zero-order valence-electron chi connectivity index (χ0n) is 8.02. The Morgan fingerprint density at radius 2 is 2.00 bits per heavy atom. The highest BCUT2D eigenvalue weighted by molar-refractivity contribution is 14.1. The lowest BCUT2D eigenvalue weighted by atomic mass is 10.1. The number of nitrogens with one attached hydrogen (secondary N) is 1. The van der Waals surface area contributed by atoms with Gasteiger partial charge in [0.25, 0.3) is 0 Å². The SMILES string of the molecule is Cc1cc(=O)c2c(I)ccc(C)c2[nH]1. The first-order valence-corrected chi connectivity index (χ1v) is 5.46. The molecule has 1 aromatic heterocycles. The standard InChI is InChI=1S/C11H10INO/c1-6-3-4-8(12)10-9(14)5-7(2)13-11(6)10/h3-5H,1-2H3,(H,13,14). The van der Waals surface area contributed by atoms with Crippen molar-refractivity contribution < 1.29 is 0 Å². The van der Waals surface area contributed by atoms with E-state index in [0.717, 1.165) is 25.7 Å². The van der Waals surface area contributed by atoms with E-state index in [9.17, 15) is 4.79 Å². The van der Waals surface area contributed by atoms with Crippen LogP contribution in [-0.2, 0) is 0 Å². The molecule has 1 aromatic carbocycles. The second-order valence-corrected chi connectivity index (χ2v) is 4.59. The molecule has 0 aliphatic heterocycles. The van der Waals surface area contributed by atoms with Crippen LogP contribution in [0, 0.1) is 17.4 Å². The predicted molar refractivity (Wildman–Crippen MR) is 66.8 cm³/mol. The minimum atomic E-state index is 0.101. The topological polar surface area (TPSA) is 32.9 Å². The van der Waals surface area contributed by atoms with Crippen molar-refractivity contribution in [3.8, 4) is 0 Å². The molecule has 0 amide bonds. The summed E-state index contributed by atoms with van der Waals surface area (Å²) in [7, 11) is 0. The third-order valence-corrected chi connectivity index (χ3v) is 3.18. The van der Waals surface area contributed by atoms with Crippen molar-refractivity contribution in [2.45, 2.75) is 13.8 Å². The van der Waals surface area contributed by atoms with E-state index >= 15 is 0 Å². The monoisotopic (exact) mass is 299 g/mol. The Balaban J connectivity index is 3.08. The first-order chi connectivity index (χ1) is 6.59. The molecule has 0 saturated carbocycles. The number of H-pyrrole nitrogens is 1. The molecule has 2 rings (SSSR count). The van der Waals surface area contributed by atoms with Crippen molar-refractivity contribution in [2.24, 2.45) is 0 Å². The van der Waals surface area contributed by atoms with Crippen molar-refractivity contribution in [1.82, 2.24) is 4.98 Å². The van der Waals surface area contributed by atoms with Gasteiger partial charge in [-0.3, -0.25) is 4.79 Å². The maximum Gasteiger partial charge on any atom is 0.190 e. The van der Waals surface area contributed by atoms with Gasteiger partial charge in [0.05, 0.1) is 10.9 Å². The molecule has 0 aliphatic rings. The number of rotatable bonds is 0. The summed E-state index contributed by atoms with van der Waals surface area (Å²) in [6.07, 6.45) is 0. The zero-order chi connectivity index (χ0) is 10.3. The van der Waals surface area contributed by atoms with E-state index in [2.05, 4.69) is 27.6 Å². The molecule has 2 nitrogen and oxygen atoms in total. The van der Waals surface area contributed by atoms with Gasteiger partial charge in [-0.15, -0.1) is 0 Å². The molecule has 72 valence electrons. The summed E-state index contributed by atoms with van der Waals surface area (Å²) in [6.45, 7) is 3.91. The molecule has 0 atom stereocenters. The van der Waals surface area contributed by atoms with E-state index in [1.54, 1.807) is 6.07 Å². The lowest BCUT2D eigenvalue weighted by Crippen LogP contribution is -2.05. The molecule has 14 heavy (non-hydrogen) atoms. The van der Waals surface area contributed by atoms with Crippen LogP contribution in [0.15, 0.2) is 23.0 Å². The zero-order valence-corrected chi connectivity index (χ0v) is 10.2.